The van der Waals surface area contributed by atoms with Gasteiger partial charge in [0.05, 0.1) is 16.7 Å². The van der Waals surface area contributed by atoms with E-state index < -0.39 is 0 Å². The first-order valence-electron chi connectivity index (χ1n) is 8.59. The molecule has 0 saturated carbocycles. The monoisotopic (exact) mass is 296 g/mol. The second-order valence-corrected chi connectivity index (χ2v) is 9.41. The van der Waals surface area contributed by atoms with Crippen molar-refractivity contribution in [3.8, 4) is 0 Å². The van der Waals surface area contributed by atoms with Crippen molar-refractivity contribution < 1.29 is 4.74 Å². The summed E-state index contributed by atoms with van der Waals surface area (Å²) in [5, 5.41) is 0. The van der Waals surface area contributed by atoms with Crippen LogP contribution in [-0.2, 0) is 4.74 Å². The van der Waals surface area contributed by atoms with Crippen LogP contribution in [0.25, 0.3) is 0 Å². The molecule has 2 fully saturated rings. The highest BCUT2D eigenvalue weighted by Gasteiger charge is 2.59. The van der Waals surface area contributed by atoms with E-state index in [1.807, 2.05) is 0 Å². The maximum atomic E-state index is 6.37. The molecule has 2 rings (SSSR count). The van der Waals surface area contributed by atoms with E-state index in [-0.39, 0.29) is 16.7 Å². The molecular weight excluding hydrogens is 260 g/mol. The van der Waals surface area contributed by atoms with Crippen LogP contribution in [0.15, 0.2) is 0 Å². The van der Waals surface area contributed by atoms with Crippen LogP contribution in [-0.4, -0.2) is 41.3 Å². The summed E-state index contributed by atoms with van der Waals surface area (Å²) in [5.74, 6) is 0.821. The Morgan fingerprint density at radius 2 is 1.62 bits per heavy atom. The largest absolute Gasteiger partial charge is 0.368 e. The average Bonchev–Trinajstić information content (AvgIpc) is 2.53. The van der Waals surface area contributed by atoms with E-state index in [0.717, 1.165) is 25.4 Å². The van der Waals surface area contributed by atoms with Gasteiger partial charge in [-0.2, -0.15) is 0 Å². The quantitative estimate of drug-likeness (QED) is 0.848. The van der Waals surface area contributed by atoms with Gasteiger partial charge in [-0.1, -0.05) is 20.8 Å². The SMILES string of the molecule is CC1(C)CC(CN)(N2CCC(C(C)(C)C)CC2)C(C)(C)O1. The Bertz CT molecular complexity index is 375. The third kappa shape index (κ3) is 3.02. The van der Waals surface area contributed by atoms with Gasteiger partial charge in [-0.3, -0.25) is 4.90 Å². The maximum Gasteiger partial charge on any atom is 0.0830 e. The Kier molecular flexibility index (Phi) is 4.28. The number of hydrogen-bond acceptors (Lipinski definition) is 3. The van der Waals surface area contributed by atoms with Gasteiger partial charge < -0.3 is 10.5 Å². The predicted molar refractivity (Wildman–Crippen MR) is 89.4 cm³/mol. The number of ether oxygens (including phenoxy) is 1. The molecule has 3 nitrogen and oxygen atoms in total. The minimum atomic E-state index is -0.181. The summed E-state index contributed by atoms with van der Waals surface area (Å²) >= 11 is 0. The van der Waals surface area contributed by atoms with Gasteiger partial charge in [0.15, 0.2) is 0 Å². The molecule has 2 aliphatic heterocycles. The fraction of sp³-hybridized carbons (Fsp3) is 1.00. The van der Waals surface area contributed by atoms with Crippen molar-refractivity contribution in [2.75, 3.05) is 19.6 Å². The maximum absolute atomic E-state index is 6.37. The van der Waals surface area contributed by atoms with E-state index in [0.29, 0.717) is 12.0 Å². The lowest BCUT2D eigenvalue weighted by Gasteiger charge is -2.51. The van der Waals surface area contributed by atoms with Crippen molar-refractivity contribution in [1.29, 1.82) is 0 Å². The van der Waals surface area contributed by atoms with Crippen LogP contribution in [0.2, 0.25) is 0 Å². The third-order valence-electron chi connectivity index (χ3n) is 6.03. The number of nitrogens with zero attached hydrogens (tertiary/aromatic N) is 1. The van der Waals surface area contributed by atoms with Crippen molar-refractivity contribution in [2.24, 2.45) is 17.1 Å². The van der Waals surface area contributed by atoms with Gasteiger partial charge >= 0.3 is 0 Å². The molecule has 0 aliphatic carbocycles. The first-order valence-corrected chi connectivity index (χ1v) is 8.59. The first kappa shape index (κ1) is 17.2. The predicted octanol–water partition coefficient (Wildman–Crippen LogP) is 3.42. The Labute approximate surface area is 131 Å². The number of piperidine rings is 1. The van der Waals surface area contributed by atoms with Crippen molar-refractivity contribution >= 4 is 0 Å². The number of rotatable bonds is 2. The van der Waals surface area contributed by atoms with Crippen LogP contribution in [0.3, 0.4) is 0 Å². The minimum Gasteiger partial charge on any atom is -0.368 e. The van der Waals surface area contributed by atoms with Gasteiger partial charge in [0.2, 0.25) is 0 Å². The summed E-state index contributed by atoms with van der Waals surface area (Å²) in [7, 11) is 0. The van der Waals surface area contributed by atoms with Crippen molar-refractivity contribution in [2.45, 2.75) is 84.5 Å². The van der Waals surface area contributed by atoms with Crippen molar-refractivity contribution in [3.05, 3.63) is 0 Å². The lowest BCUT2D eigenvalue weighted by Crippen LogP contribution is -2.65. The topological polar surface area (TPSA) is 38.5 Å². The Balaban J connectivity index is 2.17. The number of likely N-dealkylation sites (tertiary alicyclic amines) is 1. The average molecular weight is 296 g/mol. The Hall–Kier alpha value is -0.120. The lowest BCUT2D eigenvalue weighted by atomic mass is 9.72. The van der Waals surface area contributed by atoms with Crippen LogP contribution in [0.4, 0.5) is 0 Å². The summed E-state index contributed by atoms with van der Waals surface area (Å²) in [6, 6.07) is 0. The first-order chi connectivity index (χ1) is 9.44. The standard InChI is InChI=1S/C18H36N2O/c1-15(2,3)14-8-10-20(11-9-14)18(13-19)12-16(4,5)21-17(18,6)7/h14H,8-13,19H2,1-7H3. The fourth-order valence-electron chi connectivity index (χ4n) is 4.85. The summed E-state index contributed by atoms with van der Waals surface area (Å²) < 4.78 is 6.37. The molecule has 0 aromatic rings. The number of hydrogen-bond donors (Lipinski definition) is 1. The molecule has 0 radical (unpaired) electrons. The zero-order valence-corrected chi connectivity index (χ0v) is 15.3. The molecule has 0 spiro atoms. The van der Waals surface area contributed by atoms with Crippen LogP contribution in [0.1, 0.15) is 67.7 Å². The second-order valence-electron chi connectivity index (χ2n) is 9.41. The molecular formula is C18H36N2O. The zero-order valence-electron chi connectivity index (χ0n) is 15.3. The molecule has 2 N–H and O–H groups in total. The molecule has 0 aromatic carbocycles. The van der Waals surface area contributed by atoms with Crippen molar-refractivity contribution in [3.63, 3.8) is 0 Å². The molecule has 2 aliphatic rings. The molecule has 0 aromatic heterocycles. The fourth-order valence-corrected chi connectivity index (χ4v) is 4.85. The van der Waals surface area contributed by atoms with Crippen LogP contribution < -0.4 is 5.73 Å². The van der Waals surface area contributed by atoms with E-state index in [9.17, 15) is 0 Å². The van der Waals surface area contributed by atoms with Gasteiger partial charge in [-0.15, -0.1) is 0 Å². The smallest absolute Gasteiger partial charge is 0.0830 e. The highest BCUT2D eigenvalue weighted by atomic mass is 16.5. The molecule has 124 valence electrons. The van der Waals surface area contributed by atoms with Gasteiger partial charge in [-0.05, 0) is 71.4 Å². The molecule has 21 heavy (non-hydrogen) atoms. The summed E-state index contributed by atoms with van der Waals surface area (Å²) in [5.41, 5.74) is 6.44. The van der Waals surface area contributed by atoms with Gasteiger partial charge in [-0.25, -0.2) is 0 Å². The molecule has 1 unspecified atom stereocenters. The van der Waals surface area contributed by atoms with Crippen LogP contribution >= 0.6 is 0 Å². The van der Waals surface area contributed by atoms with E-state index in [2.05, 4.69) is 53.4 Å². The number of nitrogens with two attached hydrogens (primary N) is 1. The highest BCUT2D eigenvalue weighted by molar-refractivity contribution is 5.13. The van der Waals surface area contributed by atoms with E-state index in [1.165, 1.54) is 12.8 Å². The highest BCUT2D eigenvalue weighted by Crippen LogP contribution is 2.49. The van der Waals surface area contributed by atoms with E-state index >= 15 is 0 Å². The third-order valence-corrected chi connectivity index (χ3v) is 6.03. The lowest BCUT2D eigenvalue weighted by molar-refractivity contribution is -0.110. The summed E-state index contributed by atoms with van der Waals surface area (Å²) in [6.07, 6.45) is 3.59. The van der Waals surface area contributed by atoms with Gasteiger partial charge in [0, 0.05) is 6.54 Å². The van der Waals surface area contributed by atoms with E-state index in [1.54, 1.807) is 0 Å². The van der Waals surface area contributed by atoms with Gasteiger partial charge in [0.1, 0.15) is 0 Å². The molecule has 1 atom stereocenters. The Morgan fingerprint density at radius 3 is 1.95 bits per heavy atom. The van der Waals surface area contributed by atoms with E-state index in [4.69, 9.17) is 10.5 Å². The summed E-state index contributed by atoms with van der Waals surface area (Å²) in [4.78, 5) is 2.64. The molecule has 2 saturated heterocycles. The van der Waals surface area contributed by atoms with Crippen molar-refractivity contribution in [1.82, 2.24) is 4.90 Å². The Morgan fingerprint density at radius 1 is 1.10 bits per heavy atom. The van der Waals surface area contributed by atoms with Crippen LogP contribution in [0.5, 0.6) is 0 Å². The summed E-state index contributed by atoms with van der Waals surface area (Å²) in [6.45, 7) is 19.0. The minimum absolute atomic E-state index is 0.0145. The molecule has 0 bridgehead atoms. The normalized spacial score (nSPS) is 34.3. The second kappa shape index (κ2) is 5.21. The molecule has 0 amide bonds. The molecule has 3 heteroatoms. The molecule has 2 heterocycles. The zero-order chi connectivity index (χ0) is 16.1. The van der Waals surface area contributed by atoms with Crippen LogP contribution in [0, 0.1) is 11.3 Å². The van der Waals surface area contributed by atoms with Gasteiger partial charge in [0.25, 0.3) is 0 Å².